The molecule has 1 rings (SSSR count). The molecule has 1 aliphatic carbocycles. The van der Waals surface area contributed by atoms with Crippen LogP contribution in [0.1, 0.15) is 19.8 Å². The van der Waals surface area contributed by atoms with Crippen molar-refractivity contribution in [1.82, 2.24) is 10.2 Å². The van der Waals surface area contributed by atoms with Crippen LogP contribution in [-0.2, 0) is 0 Å². The van der Waals surface area contributed by atoms with Gasteiger partial charge in [-0.15, -0.1) is 0 Å². The maximum Gasteiger partial charge on any atom is 0.108 e. The Morgan fingerprint density at radius 2 is 2.33 bits per heavy atom. The van der Waals surface area contributed by atoms with Crippen molar-refractivity contribution >= 4 is 0 Å². The summed E-state index contributed by atoms with van der Waals surface area (Å²) in [6.07, 6.45) is 2.49. The maximum atomic E-state index is 8.81. The van der Waals surface area contributed by atoms with E-state index < -0.39 is 0 Å². The molecule has 3 nitrogen and oxygen atoms in total. The van der Waals surface area contributed by atoms with Gasteiger partial charge in [-0.1, -0.05) is 6.92 Å². The van der Waals surface area contributed by atoms with Gasteiger partial charge in [0.15, 0.2) is 0 Å². The number of nitrogens with zero attached hydrogens (tertiary/aromatic N) is 2. The average molecular weight is 167 g/mol. The first-order chi connectivity index (χ1) is 5.76. The molecule has 0 heterocycles. The Morgan fingerprint density at radius 1 is 1.67 bits per heavy atom. The Labute approximate surface area is 74.4 Å². The third-order valence-corrected chi connectivity index (χ3v) is 2.20. The van der Waals surface area contributed by atoms with E-state index in [1.807, 2.05) is 7.05 Å². The molecule has 0 saturated heterocycles. The van der Waals surface area contributed by atoms with Crippen LogP contribution in [0.3, 0.4) is 0 Å². The molecule has 0 aromatic heterocycles. The molecule has 1 aliphatic rings. The third kappa shape index (κ3) is 3.21. The summed E-state index contributed by atoms with van der Waals surface area (Å²) in [5.41, 5.74) is 0. The highest BCUT2D eigenvalue weighted by atomic mass is 15.1. The normalized spacial score (nSPS) is 19.2. The SMILES string of the molecule is CCN(C)CC(C#N)NC1CC1. The molecule has 0 amide bonds. The molecule has 1 saturated carbocycles. The lowest BCUT2D eigenvalue weighted by Crippen LogP contribution is -2.39. The molecule has 1 N–H and O–H groups in total. The Kier molecular flexibility index (Phi) is 3.51. The van der Waals surface area contributed by atoms with Crippen LogP contribution < -0.4 is 5.32 Å². The summed E-state index contributed by atoms with van der Waals surface area (Å²) in [4.78, 5) is 2.16. The molecule has 0 aromatic carbocycles. The summed E-state index contributed by atoms with van der Waals surface area (Å²) in [5, 5.41) is 12.1. The number of nitrogens with one attached hydrogen (secondary N) is 1. The molecule has 0 aliphatic heterocycles. The fourth-order valence-electron chi connectivity index (χ4n) is 1.11. The minimum absolute atomic E-state index is 0.0162. The van der Waals surface area contributed by atoms with Gasteiger partial charge in [-0.3, -0.25) is 5.32 Å². The van der Waals surface area contributed by atoms with Crippen molar-refractivity contribution in [2.45, 2.75) is 31.8 Å². The van der Waals surface area contributed by atoms with Gasteiger partial charge >= 0.3 is 0 Å². The summed E-state index contributed by atoms with van der Waals surface area (Å²) < 4.78 is 0. The maximum absolute atomic E-state index is 8.81. The zero-order valence-corrected chi connectivity index (χ0v) is 7.88. The van der Waals surface area contributed by atoms with E-state index >= 15 is 0 Å². The van der Waals surface area contributed by atoms with E-state index in [4.69, 9.17) is 5.26 Å². The minimum atomic E-state index is 0.0162. The number of hydrogen-bond donors (Lipinski definition) is 1. The van der Waals surface area contributed by atoms with Crippen molar-refractivity contribution < 1.29 is 0 Å². The van der Waals surface area contributed by atoms with Crippen LogP contribution in [0.5, 0.6) is 0 Å². The Morgan fingerprint density at radius 3 is 2.75 bits per heavy atom. The predicted molar refractivity (Wildman–Crippen MR) is 48.7 cm³/mol. The van der Waals surface area contributed by atoms with Crippen LogP contribution in [0.25, 0.3) is 0 Å². The first kappa shape index (κ1) is 9.50. The van der Waals surface area contributed by atoms with Crippen LogP contribution in [-0.4, -0.2) is 37.1 Å². The summed E-state index contributed by atoms with van der Waals surface area (Å²) in [5.74, 6) is 0. The molecule has 0 radical (unpaired) electrons. The molecule has 0 bridgehead atoms. The quantitative estimate of drug-likeness (QED) is 0.651. The Hall–Kier alpha value is -0.590. The van der Waals surface area contributed by atoms with Gasteiger partial charge in [0.25, 0.3) is 0 Å². The van der Waals surface area contributed by atoms with E-state index in [1.165, 1.54) is 12.8 Å². The summed E-state index contributed by atoms with van der Waals surface area (Å²) in [6, 6.07) is 2.93. The van der Waals surface area contributed by atoms with Crippen LogP contribution in [0.15, 0.2) is 0 Å². The second-order valence-electron chi connectivity index (χ2n) is 3.48. The van der Waals surface area contributed by atoms with Crippen molar-refractivity contribution in [1.29, 1.82) is 5.26 Å². The van der Waals surface area contributed by atoms with E-state index in [9.17, 15) is 0 Å². The molecular formula is C9H17N3. The zero-order chi connectivity index (χ0) is 8.97. The lowest BCUT2D eigenvalue weighted by molar-refractivity contribution is 0.325. The standard InChI is InChI=1S/C9H17N3/c1-3-12(2)7-9(6-10)11-8-4-5-8/h8-9,11H,3-5,7H2,1-2H3. The molecular weight excluding hydrogens is 150 g/mol. The van der Waals surface area contributed by atoms with Crippen molar-refractivity contribution in [3.8, 4) is 6.07 Å². The first-order valence-electron chi connectivity index (χ1n) is 4.60. The second-order valence-corrected chi connectivity index (χ2v) is 3.48. The smallest absolute Gasteiger partial charge is 0.108 e. The average Bonchev–Trinajstić information content (AvgIpc) is 2.86. The molecule has 68 valence electrons. The first-order valence-corrected chi connectivity index (χ1v) is 4.60. The Bertz CT molecular complexity index is 169. The zero-order valence-electron chi connectivity index (χ0n) is 7.88. The fourth-order valence-corrected chi connectivity index (χ4v) is 1.11. The lowest BCUT2D eigenvalue weighted by atomic mass is 10.3. The molecule has 1 unspecified atom stereocenters. The van der Waals surface area contributed by atoms with Crippen molar-refractivity contribution in [3.05, 3.63) is 0 Å². The molecule has 3 heteroatoms. The van der Waals surface area contributed by atoms with Gasteiger partial charge in [0.05, 0.1) is 6.07 Å². The van der Waals surface area contributed by atoms with Crippen molar-refractivity contribution in [2.75, 3.05) is 20.1 Å². The topological polar surface area (TPSA) is 39.1 Å². The molecule has 0 aromatic rings. The molecule has 1 atom stereocenters. The largest absolute Gasteiger partial charge is 0.304 e. The molecule has 1 fully saturated rings. The highest BCUT2D eigenvalue weighted by Crippen LogP contribution is 2.19. The van der Waals surface area contributed by atoms with Crippen LogP contribution >= 0.6 is 0 Å². The summed E-state index contributed by atoms with van der Waals surface area (Å²) >= 11 is 0. The van der Waals surface area contributed by atoms with E-state index in [-0.39, 0.29) is 6.04 Å². The molecule has 0 spiro atoms. The number of likely N-dealkylation sites (N-methyl/N-ethyl adjacent to an activating group) is 1. The van der Waals surface area contributed by atoms with Crippen LogP contribution in [0.2, 0.25) is 0 Å². The van der Waals surface area contributed by atoms with Gasteiger partial charge in [0.2, 0.25) is 0 Å². The highest BCUT2D eigenvalue weighted by molar-refractivity contribution is 4.96. The second kappa shape index (κ2) is 4.44. The fraction of sp³-hybridized carbons (Fsp3) is 0.889. The van der Waals surface area contributed by atoms with Gasteiger partial charge in [-0.25, -0.2) is 0 Å². The Balaban J connectivity index is 2.20. The van der Waals surface area contributed by atoms with Crippen LogP contribution in [0, 0.1) is 11.3 Å². The summed E-state index contributed by atoms with van der Waals surface area (Å²) in [6.45, 7) is 3.94. The van der Waals surface area contributed by atoms with E-state index in [0.29, 0.717) is 6.04 Å². The minimum Gasteiger partial charge on any atom is -0.304 e. The number of nitriles is 1. The summed E-state index contributed by atoms with van der Waals surface area (Å²) in [7, 11) is 2.04. The monoisotopic (exact) mass is 167 g/mol. The lowest BCUT2D eigenvalue weighted by Gasteiger charge is -2.18. The number of rotatable bonds is 5. The van der Waals surface area contributed by atoms with E-state index in [2.05, 4.69) is 23.2 Å². The van der Waals surface area contributed by atoms with Gasteiger partial charge < -0.3 is 4.90 Å². The highest BCUT2D eigenvalue weighted by Gasteiger charge is 2.24. The van der Waals surface area contributed by atoms with Crippen molar-refractivity contribution in [2.24, 2.45) is 0 Å². The third-order valence-electron chi connectivity index (χ3n) is 2.20. The van der Waals surface area contributed by atoms with Gasteiger partial charge in [-0.2, -0.15) is 5.26 Å². The molecule has 12 heavy (non-hydrogen) atoms. The van der Waals surface area contributed by atoms with Gasteiger partial charge in [-0.05, 0) is 26.4 Å². The predicted octanol–water partition coefficient (Wildman–Crippen LogP) is 0.582. The van der Waals surface area contributed by atoms with Crippen molar-refractivity contribution in [3.63, 3.8) is 0 Å². The van der Waals surface area contributed by atoms with Crippen LogP contribution in [0.4, 0.5) is 0 Å². The number of hydrogen-bond acceptors (Lipinski definition) is 3. The van der Waals surface area contributed by atoms with E-state index in [0.717, 1.165) is 13.1 Å². The van der Waals surface area contributed by atoms with E-state index in [1.54, 1.807) is 0 Å². The van der Waals surface area contributed by atoms with Gasteiger partial charge in [0.1, 0.15) is 6.04 Å². The van der Waals surface area contributed by atoms with Gasteiger partial charge in [0, 0.05) is 12.6 Å².